The number of nitrogens with zero attached hydrogens (tertiary/aromatic N) is 1. The van der Waals surface area contributed by atoms with Crippen molar-refractivity contribution in [3.8, 4) is 0 Å². The smallest absolute Gasteiger partial charge is 0.0946 e. The second-order valence-corrected chi connectivity index (χ2v) is 4.98. The van der Waals surface area contributed by atoms with Gasteiger partial charge >= 0.3 is 0 Å². The van der Waals surface area contributed by atoms with Crippen molar-refractivity contribution >= 4 is 0 Å². The van der Waals surface area contributed by atoms with Crippen molar-refractivity contribution in [1.82, 2.24) is 10.2 Å². The first-order chi connectivity index (χ1) is 7.00. The lowest BCUT2D eigenvalue weighted by Crippen LogP contribution is -2.37. The molecule has 1 aliphatic heterocycles. The molecular formula is C13H24N2. The van der Waals surface area contributed by atoms with Crippen molar-refractivity contribution in [3.05, 3.63) is 24.0 Å². The zero-order chi connectivity index (χ0) is 11.4. The zero-order valence-electron chi connectivity index (χ0n) is 10.5. The van der Waals surface area contributed by atoms with Crippen molar-refractivity contribution in [2.75, 3.05) is 13.1 Å². The van der Waals surface area contributed by atoms with Crippen LogP contribution < -0.4 is 5.32 Å². The minimum atomic E-state index is 0.562. The van der Waals surface area contributed by atoms with Gasteiger partial charge in [-0.05, 0) is 26.2 Å². The molecule has 15 heavy (non-hydrogen) atoms. The molecule has 1 atom stereocenters. The Morgan fingerprint density at radius 2 is 2.13 bits per heavy atom. The molecule has 1 unspecified atom stereocenters. The normalized spacial score (nSPS) is 19.7. The molecule has 0 fully saturated rings. The first kappa shape index (κ1) is 12.2. The van der Waals surface area contributed by atoms with E-state index in [9.17, 15) is 0 Å². The summed E-state index contributed by atoms with van der Waals surface area (Å²) < 4.78 is 0. The summed E-state index contributed by atoms with van der Waals surface area (Å²) in [6.45, 7) is 15.0. The molecule has 0 bridgehead atoms. The van der Waals surface area contributed by atoms with E-state index in [0.29, 0.717) is 6.04 Å². The van der Waals surface area contributed by atoms with Gasteiger partial charge < -0.3 is 10.2 Å². The molecule has 0 saturated carbocycles. The van der Waals surface area contributed by atoms with Gasteiger partial charge in [0.15, 0.2) is 0 Å². The third-order valence-corrected chi connectivity index (χ3v) is 2.87. The Hall–Kier alpha value is -0.920. The Morgan fingerprint density at radius 1 is 1.47 bits per heavy atom. The highest BCUT2D eigenvalue weighted by Gasteiger charge is 2.18. The third kappa shape index (κ3) is 3.61. The minimum absolute atomic E-state index is 0.562. The minimum Gasteiger partial charge on any atom is -0.369 e. The summed E-state index contributed by atoms with van der Waals surface area (Å²) in [6.07, 6.45) is 3.46. The van der Waals surface area contributed by atoms with Gasteiger partial charge in [0.2, 0.25) is 0 Å². The Balaban J connectivity index is 2.64. The SMILES string of the molecule is C=C1NCC=C(C)CN1C(C)CC(C)C. The van der Waals surface area contributed by atoms with Crippen LogP contribution in [0.2, 0.25) is 0 Å². The zero-order valence-corrected chi connectivity index (χ0v) is 10.5. The van der Waals surface area contributed by atoms with E-state index in [1.54, 1.807) is 0 Å². The van der Waals surface area contributed by atoms with Gasteiger partial charge in [-0.15, -0.1) is 0 Å². The van der Waals surface area contributed by atoms with E-state index in [2.05, 4.69) is 50.6 Å². The van der Waals surface area contributed by atoms with Crippen LogP contribution >= 0.6 is 0 Å². The molecule has 0 amide bonds. The summed E-state index contributed by atoms with van der Waals surface area (Å²) in [5, 5.41) is 3.33. The highest BCUT2D eigenvalue weighted by atomic mass is 15.3. The van der Waals surface area contributed by atoms with Gasteiger partial charge in [0.05, 0.1) is 5.82 Å². The molecule has 1 heterocycles. The van der Waals surface area contributed by atoms with E-state index >= 15 is 0 Å². The van der Waals surface area contributed by atoms with Gasteiger partial charge in [-0.3, -0.25) is 0 Å². The van der Waals surface area contributed by atoms with Crippen LogP contribution in [-0.4, -0.2) is 24.0 Å². The van der Waals surface area contributed by atoms with Crippen LogP contribution in [0.3, 0.4) is 0 Å². The van der Waals surface area contributed by atoms with E-state index < -0.39 is 0 Å². The summed E-state index contributed by atoms with van der Waals surface area (Å²) in [6, 6.07) is 0.562. The second kappa shape index (κ2) is 5.24. The molecule has 2 heteroatoms. The maximum absolute atomic E-state index is 4.10. The van der Waals surface area contributed by atoms with Crippen LogP contribution in [0.1, 0.15) is 34.1 Å². The maximum atomic E-state index is 4.10. The second-order valence-electron chi connectivity index (χ2n) is 4.98. The monoisotopic (exact) mass is 208 g/mol. The van der Waals surface area contributed by atoms with Crippen molar-refractivity contribution in [2.45, 2.75) is 40.2 Å². The van der Waals surface area contributed by atoms with Crippen LogP contribution in [0.25, 0.3) is 0 Å². The highest BCUT2D eigenvalue weighted by Crippen LogP contribution is 2.17. The summed E-state index contributed by atoms with van der Waals surface area (Å²) in [5.74, 6) is 1.80. The molecular weight excluding hydrogens is 184 g/mol. The highest BCUT2D eigenvalue weighted by molar-refractivity contribution is 5.11. The Bertz CT molecular complexity index is 253. The van der Waals surface area contributed by atoms with Gasteiger partial charge in [-0.2, -0.15) is 0 Å². The van der Waals surface area contributed by atoms with Gasteiger partial charge in [0.1, 0.15) is 0 Å². The maximum Gasteiger partial charge on any atom is 0.0946 e. The van der Waals surface area contributed by atoms with Crippen molar-refractivity contribution in [3.63, 3.8) is 0 Å². The Labute approximate surface area is 94.0 Å². The first-order valence-electron chi connectivity index (χ1n) is 5.85. The van der Waals surface area contributed by atoms with Crippen molar-refractivity contribution < 1.29 is 0 Å². The average Bonchev–Trinajstić information content (AvgIpc) is 2.27. The lowest BCUT2D eigenvalue weighted by atomic mass is 10.0. The van der Waals surface area contributed by atoms with E-state index in [4.69, 9.17) is 0 Å². The largest absolute Gasteiger partial charge is 0.369 e. The fraction of sp³-hybridized carbons (Fsp3) is 0.692. The summed E-state index contributed by atoms with van der Waals surface area (Å²) in [7, 11) is 0. The molecule has 0 aromatic carbocycles. The van der Waals surface area contributed by atoms with Crippen LogP contribution in [-0.2, 0) is 0 Å². The van der Waals surface area contributed by atoms with E-state index in [1.165, 1.54) is 12.0 Å². The molecule has 0 aromatic rings. The Kier molecular flexibility index (Phi) is 4.25. The van der Waals surface area contributed by atoms with E-state index in [0.717, 1.165) is 24.8 Å². The molecule has 0 spiro atoms. The van der Waals surface area contributed by atoms with Gasteiger partial charge in [0, 0.05) is 19.1 Å². The predicted octanol–water partition coefficient (Wildman–Crippen LogP) is 2.74. The van der Waals surface area contributed by atoms with Crippen LogP contribution in [0, 0.1) is 5.92 Å². The van der Waals surface area contributed by atoms with Crippen molar-refractivity contribution in [2.24, 2.45) is 5.92 Å². The number of hydrogen-bond donors (Lipinski definition) is 1. The summed E-state index contributed by atoms with van der Waals surface area (Å²) >= 11 is 0. The summed E-state index contributed by atoms with van der Waals surface area (Å²) in [4.78, 5) is 2.37. The number of rotatable bonds is 3. The molecule has 0 saturated heterocycles. The van der Waals surface area contributed by atoms with Gasteiger partial charge in [-0.25, -0.2) is 0 Å². The topological polar surface area (TPSA) is 15.3 Å². The van der Waals surface area contributed by atoms with Crippen LogP contribution in [0.15, 0.2) is 24.0 Å². The van der Waals surface area contributed by atoms with Crippen molar-refractivity contribution in [1.29, 1.82) is 0 Å². The van der Waals surface area contributed by atoms with Gasteiger partial charge in [0.25, 0.3) is 0 Å². The lowest BCUT2D eigenvalue weighted by molar-refractivity contribution is 0.244. The molecule has 1 rings (SSSR count). The predicted molar refractivity (Wildman–Crippen MR) is 66.5 cm³/mol. The van der Waals surface area contributed by atoms with E-state index in [1.807, 2.05) is 0 Å². The fourth-order valence-electron chi connectivity index (χ4n) is 2.10. The van der Waals surface area contributed by atoms with E-state index in [-0.39, 0.29) is 0 Å². The molecule has 2 nitrogen and oxygen atoms in total. The van der Waals surface area contributed by atoms with Gasteiger partial charge in [-0.1, -0.05) is 32.1 Å². The number of hydrogen-bond acceptors (Lipinski definition) is 2. The molecule has 0 radical (unpaired) electrons. The Morgan fingerprint density at radius 3 is 2.73 bits per heavy atom. The molecule has 0 aliphatic carbocycles. The van der Waals surface area contributed by atoms with Crippen LogP contribution in [0.4, 0.5) is 0 Å². The molecule has 1 aliphatic rings. The number of nitrogens with one attached hydrogen (secondary N) is 1. The molecule has 0 aromatic heterocycles. The average molecular weight is 208 g/mol. The third-order valence-electron chi connectivity index (χ3n) is 2.87. The molecule has 1 N–H and O–H groups in total. The lowest BCUT2D eigenvalue weighted by Gasteiger charge is -2.33. The quantitative estimate of drug-likeness (QED) is 0.717. The fourth-order valence-corrected chi connectivity index (χ4v) is 2.10. The summed E-state index contributed by atoms with van der Waals surface area (Å²) in [5.41, 5.74) is 1.43. The van der Waals surface area contributed by atoms with Crippen LogP contribution in [0.5, 0.6) is 0 Å². The standard InChI is InChI=1S/C13H24N2/c1-10(2)8-12(4)15-9-11(3)6-7-14-13(15)5/h6,10,12,14H,5,7-9H2,1-4H3. The molecule has 86 valence electrons. The first-order valence-corrected chi connectivity index (χ1v) is 5.85.